The average Bonchev–Trinajstić information content (AvgIpc) is 3.01. The van der Waals surface area contributed by atoms with Gasteiger partial charge in [0.1, 0.15) is 0 Å². The number of carbonyl (C=O) groups is 1. The third-order valence-electron chi connectivity index (χ3n) is 8.51. The molecule has 0 atom stereocenters. The predicted octanol–water partition coefficient (Wildman–Crippen LogP) is 9.02. The third kappa shape index (κ3) is 12.0. The van der Waals surface area contributed by atoms with Gasteiger partial charge in [0.2, 0.25) is 0 Å². The number of anilines is 1. The van der Waals surface area contributed by atoms with Crippen LogP contribution in [0.5, 0.6) is 5.75 Å². The summed E-state index contributed by atoms with van der Waals surface area (Å²) in [7, 11) is 1.84. The van der Waals surface area contributed by atoms with Crippen LogP contribution in [0.2, 0.25) is 39.0 Å². The van der Waals surface area contributed by atoms with Crippen molar-refractivity contribution in [3.05, 3.63) is 53.6 Å². The van der Waals surface area contributed by atoms with Crippen LogP contribution in [0.15, 0.2) is 42.5 Å². The van der Waals surface area contributed by atoms with Gasteiger partial charge in [0.25, 0.3) is 0 Å². The molecule has 2 rings (SSSR count). The molecule has 0 unspecified atom stereocenters. The normalized spacial score (nSPS) is 12.1. The van der Waals surface area contributed by atoms with Crippen molar-refractivity contribution in [3.63, 3.8) is 0 Å². The summed E-state index contributed by atoms with van der Waals surface area (Å²) in [5.74, 6) is 0.311. The van der Waals surface area contributed by atoms with Gasteiger partial charge in [-0.15, -0.1) is 0 Å². The Morgan fingerprint density at radius 3 is 1.95 bits per heavy atom. The van der Waals surface area contributed by atoms with Gasteiger partial charge in [-0.1, -0.05) is 0 Å². The van der Waals surface area contributed by atoms with Crippen molar-refractivity contribution in [3.8, 4) is 5.75 Å². The number of rotatable bonds is 21. The van der Waals surface area contributed by atoms with Gasteiger partial charge < -0.3 is 0 Å². The minimum absolute atomic E-state index is 0.267. The van der Waals surface area contributed by atoms with Crippen LogP contribution in [0, 0.1) is 0 Å². The molecule has 7 nitrogen and oxygen atoms in total. The molecule has 0 spiro atoms. The molecule has 0 fully saturated rings. The molecule has 2 aromatic carbocycles. The molecule has 1 N–H and O–H groups in total. The molecule has 0 radical (unpaired) electrons. The fraction of sp³-hybridized carbons (Fsp3) is 0.629. The molecule has 0 aliphatic carbocycles. The van der Waals surface area contributed by atoms with E-state index in [-0.39, 0.29) is 6.54 Å². The first-order valence-corrected chi connectivity index (χ1v) is 27.8. The van der Waals surface area contributed by atoms with Crippen LogP contribution in [0.4, 0.5) is 10.5 Å². The summed E-state index contributed by atoms with van der Waals surface area (Å²) in [6.45, 7) is 14.2. The van der Waals surface area contributed by atoms with E-state index >= 15 is 0 Å². The van der Waals surface area contributed by atoms with Gasteiger partial charge in [0, 0.05) is 0 Å². The zero-order valence-electron chi connectivity index (χ0n) is 28.7. The molecule has 0 aromatic heterocycles. The van der Waals surface area contributed by atoms with E-state index in [1.807, 2.05) is 36.4 Å². The van der Waals surface area contributed by atoms with Crippen LogP contribution in [0.3, 0.4) is 0 Å². The first-order chi connectivity index (χ1) is 21.1. The molecule has 2 aromatic rings. The maximum atomic E-state index is 13.7. The van der Waals surface area contributed by atoms with Gasteiger partial charge in [-0.05, 0) is 0 Å². The number of amides is 1. The summed E-state index contributed by atoms with van der Waals surface area (Å²) < 4.78 is 16.1. The van der Waals surface area contributed by atoms with E-state index in [9.17, 15) is 9.90 Å². The molecule has 9 heteroatoms. The summed E-state index contributed by atoms with van der Waals surface area (Å²) in [6, 6.07) is 14.9. The molecule has 0 saturated heterocycles. The molecule has 0 heterocycles. The molecule has 248 valence electrons. The molecule has 44 heavy (non-hydrogen) atoms. The number of phenols is 1. The molecule has 0 aliphatic rings. The van der Waals surface area contributed by atoms with Gasteiger partial charge in [0.15, 0.2) is 0 Å². The van der Waals surface area contributed by atoms with Gasteiger partial charge in [0.05, 0.1) is 0 Å². The quantitative estimate of drug-likeness (QED) is 0.0454. The van der Waals surface area contributed by atoms with E-state index < -0.39 is 38.8 Å². The number of carbonyl (C=O) groups excluding carboxylic acids is 1. The Kier molecular flexibility index (Phi) is 17.4. The van der Waals surface area contributed by atoms with Gasteiger partial charge in [-0.3, -0.25) is 0 Å². The summed E-state index contributed by atoms with van der Waals surface area (Å²) >= 11 is -3.05. The average molecular weight is 737 g/mol. The van der Waals surface area contributed by atoms with Crippen LogP contribution >= 0.6 is 0 Å². The Morgan fingerprint density at radius 1 is 0.886 bits per heavy atom. The van der Waals surface area contributed by atoms with Crippen LogP contribution in [0.1, 0.15) is 70.4 Å². The second-order valence-electron chi connectivity index (χ2n) is 13.2. The van der Waals surface area contributed by atoms with E-state index in [0.29, 0.717) is 30.0 Å². The zero-order chi connectivity index (χ0) is 32.6. The SMILES string of the molecule is CCC[CH2][Sn]([CH2]CCC)([CH2]CCC)[c]1ccc(N(Cc2ccccc2)C(=O)OOCC[Si](C)(C)C)c(CC(OC)OC)c1O. The Bertz CT molecular complexity index is 1080. The molecule has 1 amide bonds. The molecule has 0 aliphatic heterocycles. The number of methoxy groups -OCH3 is 2. The number of phenolic OH excluding ortho intramolecular Hbond substituents is 1. The fourth-order valence-electron chi connectivity index (χ4n) is 5.76. The van der Waals surface area contributed by atoms with Crippen molar-refractivity contribution >= 4 is 41.8 Å². The number of unbranched alkanes of at least 4 members (excludes halogenated alkanes) is 3. The van der Waals surface area contributed by atoms with Crippen LogP contribution in [-0.2, 0) is 32.2 Å². The molecular weight excluding hydrogens is 677 g/mol. The Morgan fingerprint density at radius 2 is 1.45 bits per heavy atom. The van der Waals surface area contributed by atoms with Gasteiger partial charge in [-0.25, -0.2) is 0 Å². The van der Waals surface area contributed by atoms with Crippen molar-refractivity contribution in [2.45, 2.75) is 118 Å². The van der Waals surface area contributed by atoms with Crippen molar-refractivity contribution in [1.29, 1.82) is 0 Å². The van der Waals surface area contributed by atoms with Crippen LogP contribution in [-0.4, -0.2) is 64.8 Å². The second kappa shape index (κ2) is 19.8. The van der Waals surface area contributed by atoms with Crippen molar-refractivity contribution in [2.75, 3.05) is 25.7 Å². The first-order valence-electron chi connectivity index (χ1n) is 16.6. The Balaban J connectivity index is 2.70. The van der Waals surface area contributed by atoms with Gasteiger partial charge in [-0.2, -0.15) is 0 Å². The van der Waals surface area contributed by atoms with Crippen LogP contribution in [0.25, 0.3) is 0 Å². The van der Waals surface area contributed by atoms with Crippen molar-refractivity contribution in [1.82, 2.24) is 0 Å². The number of aromatic hydroxyl groups is 1. The predicted molar refractivity (Wildman–Crippen MR) is 187 cm³/mol. The van der Waals surface area contributed by atoms with E-state index in [2.05, 4.69) is 46.5 Å². The monoisotopic (exact) mass is 737 g/mol. The Labute approximate surface area is 272 Å². The van der Waals surface area contributed by atoms with E-state index in [0.717, 1.165) is 30.9 Å². The van der Waals surface area contributed by atoms with Crippen molar-refractivity contribution in [2.24, 2.45) is 0 Å². The molecule has 0 saturated carbocycles. The van der Waals surface area contributed by atoms with Gasteiger partial charge >= 0.3 is 274 Å². The maximum absolute atomic E-state index is 13.7. The standard InChI is InChI=1S/C23H32NO6Si.3C4H9.Sn/c1-27-22(28-2)16-19-20(12-9-13-21(19)25)24(17-18-10-7-6-8-11-18)23(26)30-29-14-15-31(3,4)5;3*1-3-4-2;/h6-12,22,25H,14-17H2,1-5H3;3*1,3-4H2,2H3;. The summed E-state index contributed by atoms with van der Waals surface area (Å²) in [5.41, 5.74) is 2.20. The second-order valence-corrected chi connectivity index (χ2v) is 32.0. The summed E-state index contributed by atoms with van der Waals surface area (Å²) in [4.78, 5) is 26.2. The molecular formula is C35H59NO6SiSn. The number of nitrogens with zero attached hydrogens (tertiary/aromatic N) is 1. The summed E-state index contributed by atoms with van der Waals surface area (Å²) in [5, 5.41) is 12.3. The van der Waals surface area contributed by atoms with Crippen LogP contribution < -0.4 is 8.48 Å². The molecule has 0 bridgehead atoms. The summed E-state index contributed by atoms with van der Waals surface area (Å²) in [6.07, 6.45) is 6.09. The number of hydrogen-bond donors (Lipinski definition) is 1. The number of ether oxygens (including phenoxy) is 2. The first kappa shape index (κ1) is 38.6. The number of benzene rings is 2. The topological polar surface area (TPSA) is 77.5 Å². The van der Waals surface area contributed by atoms with E-state index in [4.69, 9.17) is 19.2 Å². The van der Waals surface area contributed by atoms with Crippen molar-refractivity contribution < 1.29 is 29.1 Å². The zero-order valence-corrected chi connectivity index (χ0v) is 32.6. The minimum atomic E-state index is -3.05. The van der Waals surface area contributed by atoms with E-state index in [1.54, 1.807) is 19.1 Å². The Hall–Kier alpha value is -1.59. The third-order valence-corrected chi connectivity index (χ3v) is 25.9. The fourth-order valence-corrected chi connectivity index (χ4v) is 22.8. The van der Waals surface area contributed by atoms with E-state index in [1.165, 1.54) is 36.2 Å². The number of hydrogen-bond acceptors (Lipinski definition) is 6.